The van der Waals surface area contributed by atoms with Crippen LogP contribution in [-0.2, 0) is 9.59 Å². The minimum absolute atomic E-state index is 0.0458. The van der Waals surface area contributed by atoms with Gasteiger partial charge in [0.25, 0.3) is 5.78 Å². The molecule has 2 aromatic heterocycles. The Morgan fingerprint density at radius 1 is 1.14 bits per heavy atom. The smallest absolute Gasteiger partial charge is 0.302 e. The van der Waals surface area contributed by atoms with Crippen LogP contribution in [-0.4, -0.2) is 28.4 Å². The maximum Gasteiger partial charge on any atom is 0.302 e. The predicted octanol–water partition coefficient (Wildman–Crippen LogP) is 6.31. The van der Waals surface area contributed by atoms with Crippen molar-refractivity contribution in [1.29, 1.82) is 0 Å². The number of aliphatic hydroxyl groups excluding tert-OH is 1. The second-order valence-corrected chi connectivity index (χ2v) is 9.82. The fourth-order valence-electron chi connectivity index (χ4n) is 4.25. The number of hydrogen-bond donors (Lipinski definition) is 1. The molecule has 1 atom stereocenters. The number of rotatable bonds is 7. The van der Waals surface area contributed by atoms with E-state index < -0.39 is 17.7 Å². The Balaban J connectivity index is 1.63. The van der Waals surface area contributed by atoms with Crippen molar-refractivity contribution in [2.75, 3.05) is 11.5 Å². The van der Waals surface area contributed by atoms with Gasteiger partial charge >= 0.3 is 5.91 Å². The van der Waals surface area contributed by atoms with Crippen molar-refractivity contribution in [3.05, 3.63) is 82.8 Å². The van der Waals surface area contributed by atoms with Crippen LogP contribution in [0.3, 0.4) is 0 Å². The molecule has 0 radical (unpaired) electrons. The lowest BCUT2D eigenvalue weighted by molar-refractivity contribution is -0.132. The zero-order valence-corrected chi connectivity index (χ0v) is 21.1. The molecule has 1 aliphatic heterocycles. The Hall–Kier alpha value is -3.91. The highest BCUT2D eigenvalue weighted by Gasteiger charge is 2.49. The van der Waals surface area contributed by atoms with Gasteiger partial charge in [0.1, 0.15) is 29.1 Å². The average Bonchev–Trinajstić information content (AvgIpc) is 3.54. The molecule has 8 heteroatoms. The third-order valence-electron chi connectivity index (χ3n) is 6.09. The number of hydrogen-bond acceptors (Lipinski definition) is 7. The van der Waals surface area contributed by atoms with E-state index in [0.717, 1.165) is 28.6 Å². The van der Waals surface area contributed by atoms with Gasteiger partial charge in [0.15, 0.2) is 5.13 Å². The van der Waals surface area contributed by atoms with Crippen LogP contribution in [0.15, 0.2) is 64.6 Å². The summed E-state index contributed by atoms with van der Waals surface area (Å²) in [6.07, 6.45) is 1.90. The van der Waals surface area contributed by atoms with Gasteiger partial charge in [0, 0.05) is 5.56 Å². The number of aryl methyl sites for hydroxylation is 2. The van der Waals surface area contributed by atoms with Crippen molar-refractivity contribution in [2.24, 2.45) is 0 Å². The van der Waals surface area contributed by atoms with Crippen molar-refractivity contribution < 1.29 is 23.8 Å². The first kappa shape index (κ1) is 23.8. The minimum atomic E-state index is -0.954. The van der Waals surface area contributed by atoms with Crippen LogP contribution in [0.2, 0.25) is 0 Å². The molecule has 2 aromatic carbocycles. The van der Waals surface area contributed by atoms with Gasteiger partial charge in [-0.25, -0.2) is 4.98 Å². The van der Waals surface area contributed by atoms with Gasteiger partial charge in [0.05, 0.1) is 22.4 Å². The number of aromatic nitrogens is 1. The molecule has 1 N–H and O–H groups in total. The lowest BCUT2D eigenvalue weighted by atomic mass is 9.99. The average molecular weight is 503 g/mol. The number of nitrogens with zero attached hydrogens (tertiary/aromatic N) is 2. The Kier molecular flexibility index (Phi) is 6.36. The Morgan fingerprint density at radius 3 is 2.72 bits per heavy atom. The summed E-state index contributed by atoms with van der Waals surface area (Å²) in [5.74, 6) is -0.261. The van der Waals surface area contributed by atoms with E-state index in [1.54, 1.807) is 43.3 Å². The molecule has 5 rings (SSSR count). The van der Waals surface area contributed by atoms with E-state index in [1.807, 2.05) is 25.1 Å². The summed E-state index contributed by atoms with van der Waals surface area (Å²) in [6, 6.07) is 15.2. The standard InChI is InChI=1S/C28H26N2O5S/c1-4-5-13-34-19-8-6-7-18(15-19)25(31)23-24(21-12-10-17(3)35-21)30(27(33)26(23)32)28-29-20-11-9-16(2)14-22(20)36-28/h6-12,14-15,24,31H,4-5,13H2,1-3H3/b25-23+. The molecule has 4 aromatic rings. The van der Waals surface area contributed by atoms with Crippen LogP contribution < -0.4 is 9.64 Å². The summed E-state index contributed by atoms with van der Waals surface area (Å²) in [7, 11) is 0. The molecule has 0 saturated carbocycles. The molecule has 1 fully saturated rings. The highest BCUT2D eigenvalue weighted by atomic mass is 32.1. The molecule has 184 valence electrons. The number of ketones is 1. The van der Waals surface area contributed by atoms with Gasteiger partial charge in [-0.15, -0.1) is 0 Å². The van der Waals surface area contributed by atoms with Crippen molar-refractivity contribution in [1.82, 2.24) is 4.98 Å². The molecular formula is C28H26N2O5S. The van der Waals surface area contributed by atoms with Crippen LogP contribution in [0.1, 0.15) is 48.5 Å². The van der Waals surface area contributed by atoms with E-state index in [4.69, 9.17) is 9.15 Å². The highest BCUT2D eigenvalue weighted by molar-refractivity contribution is 7.22. The lowest BCUT2D eigenvalue weighted by Crippen LogP contribution is -2.29. The number of anilines is 1. The van der Waals surface area contributed by atoms with Crippen LogP contribution in [0, 0.1) is 13.8 Å². The second kappa shape index (κ2) is 9.62. The number of carbonyl (C=O) groups is 2. The Morgan fingerprint density at radius 2 is 1.97 bits per heavy atom. The number of amides is 1. The lowest BCUT2D eigenvalue weighted by Gasteiger charge is -2.20. The molecule has 1 unspecified atom stereocenters. The molecule has 0 bridgehead atoms. The molecule has 1 amide bonds. The van der Waals surface area contributed by atoms with Gasteiger partial charge in [-0.1, -0.05) is 42.9 Å². The minimum Gasteiger partial charge on any atom is -0.507 e. The van der Waals surface area contributed by atoms with Crippen molar-refractivity contribution in [2.45, 2.75) is 39.7 Å². The fraction of sp³-hybridized carbons (Fsp3) is 0.250. The topological polar surface area (TPSA) is 92.9 Å². The maximum atomic E-state index is 13.4. The first-order valence-electron chi connectivity index (χ1n) is 11.8. The molecule has 0 aliphatic carbocycles. The van der Waals surface area contributed by atoms with E-state index >= 15 is 0 Å². The normalized spacial score (nSPS) is 17.3. The maximum absolute atomic E-state index is 13.4. The van der Waals surface area contributed by atoms with E-state index in [0.29, 0.717) is 34.6 Å². The fourth-order valence-corrected chi connectivity index (χ4v) is 5.34. The molecule has 0 spiro atoms. The number of aliphatic hydroxyl groups is 1. The second-order valence-electron chi connectivity index (χ2n) is 8.81. The third kappa shape index (κ3) is 4.28. The monoisotopic (exact) mass is 502 g/mol. The van der Waals surface area contributed by atoms with Crippen molar-refractivity contribution in [3.8, 4) is 5.75 Å². The zero-order chi connectivity index (χ0) is 25.4. The number of furan rings is 1. The van der Waals surface area contributed by atoms with Crippen LogP contribution in [0.5, 0.6) is 5.75 Å². The summed E-state index contributed by atoms with van der Waals surface area (Å²) < 4.78 is 12.5. The number of unbranched alkanes of at least 4 members (excludes halogenated alkanes) is 1. The van der Waals surface area contributed by atoms with Gasteiger partial charge < -0.3 is 14.3 Å². The summed E-state index contributed by atoms with van der Waals surface area (Å²) >= 11 is 1.32. The van der Waals surface area contributed by atoms with Crippen LogP contribution in [0.25, 0.3) is 16.0 Å². The number of carbonyl (C=O) groups excluding carboxylic acids is 2. The number of thiazole rings is 1. The molecule has 7 nitrogen and oxygen atoms in total. The number of ether oxygens (including phenoxy) is 1. The van der Waals surface area contributed by atoms with Crippen molar-refractivity contribution in [3.63, 3.8) is 0 Å². The van der Waals surface area contributed by atoms with E-state index in [-0.39, 0.29) is 11.3 Å². The van der Waals surface area contributed by atoms with E-state index in [9.17, 15) is 14.7 Å². The van der Waals surface area contributed by atoms with E-state index in [2.05, 4.69) is 11.9 Å². The summed E-state index contributed by atoms with van der Waals surface area (Å²) in [6.45, 7) is 6.39. The largest absolute Gasteiger partial charge is 0.507 e. The summed E-state index contributed by atoms with van der Waals surface area (Å²) in [5.41, 5.74) is 2.14. The van der Waals surface area contributed by atoms with Crippen molar-refractivity contribution >= 4 is 44.1 Å². The molecule has 1 aliphatic rings. The van der Waals surface area contributed by atoms with Gasteiger partial charge in [-0.3, -0.25) is 14.5 Å². The van der Waals surface area contributed by atoms with Crippen LogP contribution in [0.4, 0.5) is 5.13 Å². The molecule has 1 saturated heterocycles. The molecular weight excluding hydrogens is 476 g/mol. The zero-order valence-electron chi connectivity index (χ0n) is 20.3. The number of benzene rings is 2. The molecule has 36 heavy (non-hydrogen) atoms. The first-order valence-corrected chi connectivity index (χ1v) is 12.7. The van der Waals surface area contributed by atoms with Gasteiger partial charge in [-0.05, 0) is 62.2 Å². The van der Waals surface area contributed by atoms with E-state index in [1.165, 1.54) is 16.2 Å². The summed E-state index contributed by atoms with van der Waals surface area (Å²) in [5, 5.41) is 11.7. The third-order valence-corrected chi connectivity index (χ3v) is 7.11. The SMILES string of the molecule is CCCCOc1cccc(/C(O)=C2\C(=O)C(=O)N(c3nc4ccc(C)cc4s3)C2c2ccc(C)o2)c1. The number of Topliss-reactive ketones (excluding diaryl/α,β-unsaturated/α-hetero) is 1. The Labute approximate surface area is 212 Å². The van der Waals surface area contributed by atoms with Crippen LogP contribution >= 0.6 is 11.3 Å². The quantitative estimate of drug-likeness (QED) is 0.138. The Bertz CT molecular complexity index is 1500. The summed E-state index contributed by atoms with van der Waals surface area (Å²) in [4.78, 5) is 32.7. The van der Waals surface area contributed by atoms with Gasteiger partial charge in [-0.2, -0.15) is 0 Å². The first-order chi connectivity index (χ1) is 17.4. The van der Waals surface area contributed by atoms with Gasteiger partial charge in [0.2, 0.25) is 0 Å². The highest BCUT2D eigenvalue weighted by Crippen LogP contribution is 2.45. The predicted molar refractivity (Wildman–Crippen MR) is 139 cm³/mol. The number of fused-ring (bicyclic) bond motifs is 1. The molecule has 3 heterocycles.